The van der Waals surface area contributed by atoms with E-state index in [1.807, 2.05) is 7.05 Å². The maximum atomic E-state index is 13.3. The minimum atomic E-state index is -3.53. The highest BCUT2D eigenvalue weighted by Gasteiger charge is 2.39. The van der Waals surface area contributed by atoms with Gasteiger partial charge in [0.25, 0.3) is 16.1 Å². The van der Waals surface area contributed by atoms with Crippen molar-refractivity contribution in [2.24, 2.45) is 7.05 Å². The molecule has 0 N–H and O–H groups in total. The first-order valence-electron chi connectivity index (χ1n) is 9.65. The Morgan fingerprint density at radius 2 is 1.81 bits per heavy atom. The first kappa shape index (κ1) is 18.6. The van der Waals surface area contributed by atoms with Crippen LogP contribution in [-0.4, -0.2) is 56.6 Å². The molecule has 0 radical (unpaired) electrons. The zero-order valence-corrected chi connectivity index (χ0v) is 16.4. The Labute approximate surface area is 159 Å². The second-order valence-electron chi connectivity index (χ2n) is 7.30. The lowest BCUT2D eigenvalue weighted by Crippen LogP contribution is -2.47. The van der Waals surface area contributed by atoms with Gasteiger partial charge in [0.1, 0.15) is 0 Å². The highest BCUT2D eigenvalue weighted by atomic mass is 32.2. The van der Waals surface area contributed by atoms with E-state index in [0.29, 0.717) is 37.8 Å². The molecule has 2 aromatic heterocycles. The van der Waals surface area contributed by atoms with Gasteiger partial charge in [0, 0.05) is 32.9 Å². The molecule has 9 nitrogen and oxygen atoms in total. The third kappa shape index (κ3) is 3.78. The average Bonchev–Trinajstić information content (AvgIpc) is 3.25. The largest absolute Gasteiger partial charge is 0.334 e. The normalized spacial score (nSPS) is 23.4. The first-order valence-corrected chi connectivity index (χ1v) is 11.0. The van der Waals surface area contributed by atoms with Crippen molar-refractivity contribution in [3.05, 3.63) is 18.2 Å². The van der Waals surface area contributed by atoms with Crippen molar-refractivity contribution < 1.29 is 12.9 Å². The lowest BCUT2D eigenvalue weighted by atomic mass is 10.1. The maximum absolute atomic E-state index is 13.3. The van der Waals surface area contributed by atoms with Crippen LogP contribution in [0.3, 0.4) is 0 Å². The third-order valence-corrected chi connectivity index (χ3v) is 7.38. The van der Waals surface area contributed by atoms with Crippen molar-refractivity contribution in [2.75, 3.05) is 19.6 Å². The van der Waals surface area contributed by atoms with Gasteiger partial charge in [-0.15, -0.1) is 0 Å². The van der Waals surface area contributed by atoms with Crippen molar-refractivity contribution in [1.29, 1.82) is 0 Å². The fourth-order valence-electron chi connectivity index (χ4n) is 3.88. The molecular formula is C17H26N6O3S. The molecule has 2 aromatic rings. The van der Waals surface area contributed by atoms with Crippen molar-refractivity contribution in [3.8, 4) is 11.5 Å². The van der Waals surface area contributed by atoms with Gasteiger partial charge < -0.3 is 4.52 Å². The summed E-state index contributed by atoms with van der Waals surface area (Å²) in [7, 11) is -1.71. The Balaban J connectivity index is 1.63. The second-order valence-corrected chi connectivity index (χ2v) is 9.18. The van der Waals surface area contributed by atoms with Crippen LogP contribution in [0.4, 0.5) is 0 Å². The topological polar surface area (TPSA) is 97.4 Å². The van der Waals surface area contributed by atoms with Crippen LogP contribution in [0.2, 0.25) is 0 Å². The molecule has 0 bridgehead atoms. The predicted octanol–water partition coefficient (Wildman–Crippen LogP) is 2.12. The fourth-order valence-corrected chi connectivity index (χ4v) is 5.78. The van der Waals surface area contributed by atoms with Crippen molar-refractivity contribution in [2.45, 2.75) is 51.0 Å². The van der Waals surface area contributed by atoms with Crippen LogP contribution >= 0.6 is 0 Å². The Bertz CT molecular complexity index is 871. The molecule has 1 unspecified atom stereocenters. The Kier molecular flexibility index (Phi) is 5.29. The standard InChI is InChI=1S/C17H26N6O3S/c1-21-13-14(12-18-21)17-19-16(20-26-17)15-8-4-2-7-11-23(15)27(24,25)22-9-5-3-6-10-22/h12-13,15H,2-11H2,1H3. The summed E-state index contributed by atoms with van der Waals surface area (Å²) >= 11 is 0. The molecule has 0 saturated carbocycles. The molecule has 1 atom stereocenters. The number of rotatable bonds is 4. The third-order valence-electron chi connectivity index (χ3n) is 5.33. The van der Waals surface area contributed by atoms with E-state index < -0.39 is 10.2 Å². The molecule has 148 valence electrons. The minimum Gasteiger partial charge on any atom is -0.334 e. The lowest BCUT2D eigenvalue weighted by Gasteiger charge is -2.34. The maximum Gasteiger partial charge on any atom is 0.282 e. The molecule has 2 aliphatic rings. The minimum absolute atomic E-state index is 0.373. The van der Waals surface area contributed by atoms with Gasteiger partial charge in [-0.1, -0.05) is 24.4 Å². The van der Waals surface area contributed by atoms with Gasteiger partial charge in [0.15, 0.2) is 5.82 Å². The Hall–Kier alpha value is -1.78. The van der Waals surface area contributed by atoms with E-state index in [4.69, 9.17) is 4.52 Å². The van der Waals surface area contributed by atoms with Crippen LogP contribution in [0.25, 0.3) is 11.5 Å². The van der Waals surface area contributed by atoms with Crippen LogP contribution in [0.5, 0.6) is 0 Å². The van der Waals surface area contributed by atoms with E-state index in [9.17, 15) is 8.42 Å². The summed E-state index contributed by atoms with van der Waals surface area (Å²) in [5.74, 6) is 0.814. The highest BCUT2D eigenvalue weighted by Crippen LogP contribution is 2.33. The predicted molar refractivity (Wildman–Crippen MR) is 98.8 cm³/mol. The summed E-state index contributed by atoms with van der Waals surface area (Å²) in [5, 5.41) is 8.25. The van der Waals surface area contributed by atoms with Crippen molar-refractivity contribution in [3.63, 3.8) is 0 Å². The van der Waals surface area contributed by atoms with Crippen molar-refractivity contribution in [1.82, 2.24) is 28.5 Å². The highest BCUT2D eigenvalue weighted by molar-refractivity contribution is 7.86. The van der Waals surface area contributed by atoms with Gasteiger partial charge >= 0.3 is 0 Å². The molecule has 4 heterocycles. The van der Waals surface area contributed by atoms with Crippen LogP contribution in [-0.2, 0) is 17.3 Å². The zero-order chi connectivity index (χ0) is 18.9. The van der Waals surface area contributed by atoms with Crippen LogP contribution < -0.4 is 0 Å². The van der Waals surface area contributed by atoms with Gasteiger partial charge in [-0.3, -0.25) is 4.68 Å². The molecule has 0 spiro atoms. The molecule has 2 saturated heterocycles. The molecule has 0 aromatic carbocycles. The van der Waals surface area contributed by atoms with Crippen LogP contribution in [0, 0.1) is 0 Å². The van der Waals surface area contributed by atoms with Gasteiger partial charge in [-0.2, -0.15) is 27.1 Å². The molecular weight excluding hydrogens is 368 g/mol. The monoisotopic (exact) mass is 394 g/mol. The van der Waals surface area contributed by atoms with E-state index in [1.165, 1.54) is 0 Å². The number of hydrogen-bond acceptors (Lipinski definition) is 6. The molecule has 4 rings (SSSR count). The van der Waals surface area contributed by atoms with Gasteiger partial charge in [0.2, 0.25) is 0 Å². The molecule has 27 heavy (non-hydrogen) atoms. The SMILES string of the molecule is Cn1cc(-c2nc(C3CCCCCN3S(=O)(=O)N3CCCCC3)no2)cn1. The van der Waals surface area contributed by atoms with E-state index in [-0.39, 0.29) is 6.04 Å². The van der Waals surface area contributed by atoms with Crippen LogP contribution in [0.1, 0.15) is 56.8 Å². The summed E-state index contributed by atoms with van der Waals surface area (Å²) < 4.78 is 36.9. The molecule has 2 aliphatic heterocycles. The smallest absolute Gasteiger partial charge is 0.282 e. The first-order chi connectivity index (χ1) is 13.1. The van der Waals surface area contributed by atoms with E-state index >= 15 is 0 Å². The zero-order valence-electron chi connectivity index (χ0n) is 15.6. The van der Waals surface area contributed by atoms with Gasteiger partial charge in [-0.25, -0.2) is 0 Å². The van der Waals surface area contributed by atoms with E-state index in [2.05, 4.69) is 15.2 Å². The summed E-state index contributed by atoms with van der Waals surface area (Å²) in [6.07, 6.45) is 9.92. The number of nitrogens with zero attached hydrogens (tertiary/aromatic N) is 6. The number of aryl methyl sites for hydroxylation is 1. The fraction of sp³-hybridized carbons (Fsp3) is 0.706. The lowest BCUT2D eigenvalue weighted by molar-refractivity contribution is 0.259. The molecule has 0 amide bonds. The summed E-state index contributed by atoms with van der Waals surface area (Å²) in [6, 6.07) is -0.381. The van der Waals surface area contributed by atoms with Crippen LogP contribution in [0.15, 0.2) is 16.9 Å². The molecule has 10 heteroatoms. The molecule has 2 fully saturated rings. The number of piperidine rings is 1. The van der Waals surface area contributed by atoms with E-state index in [0.717, 1.165) is 44.1 Å². The Morgan fingerprint density at radius 1 is 1.07 bits per heavy atom. The summed E-state index contributed by atoms with van der Waals surface area (Å²) in [4.78, 5) is 4.51. The quantitative estimate of drug-likeness (QED) is 0.788. The van der Waals surface area contributed by atoms with Gasteiger partial charge in [-0.05, 0) is 25.7 Å². The second kappa shape index (κ2) is 7.69. The number of hydrogen-bond donors (Lipinski definition) is 0. The van der Waals surface area contributed by atoms with Gasteiger partial charge in [0.05, 0.1) is 17.8 Å². The van der Waals surface area contributed by atoms with E-state index in [1.54, 1.807) is 25.7 Å². The number of aromatic nitrogens is 4. The summed E-state index contributed by atoms with van der Waals surface area (Å²) in [5.41, 5.74) is 0.732. The summed E-state index contributed by atoms with van der Waals surface area (Å²) in [6.45, 7) is 1.69. The molecule has 0 aliphatic carbocycles. The average molecular weight is 395 g/mol. The van der Waals surface area contributed by atoms with Crippen molar-refractivity contribution >= 4 is 10.2 Å². The Morgan fingerprint density at radius 3 is 2.56 bits per heavy atom.